The van der Waals surface area contributed by atoms with Gasteiger partial charge in [-0.05, 0) is 55.7 Å². The molecule has 1 atom stereocenters. The van der Waals surface area contributed by atoms with Crippen molar-refractivity contribution in [1.82, 2.24) is 0 Å². The molecule has 3 rings (SSSR count). The number of rotatable bonds is 9. The quantitative estimate of drug-likeness (QED) is 0.388. The van der Waals surface area contributed by atoms with Crippen LogP contribution < -0.4 is 14.8 Å². The highest BCUT2D eigenvalue weighted by atomic mass is 35.5. The molecule has 0 spiro atoms. The van der Waals surface area contributed by atoms with Gasteiger partial charge in [-0.1, -0.05) is 65.7 Å². The van der Waals surface area contributed by atoms with E-state index in [1.54, 1.807) is 31.2 Å². The first-order chi connectivity index (χ1) is 14.5. The fraction of sp³-hybridized carbons (Fsp3) is 0.208. The molecule has 0 radical (unpaired) electrons. The van der Waals surface area contributed by atoms with Crippen LogP contribution in [0, 0.1) is 0 Å². The van der Waals surface area contributed by atoms with Gasteiger partial charge in [0.25, 0.3) is 5.91 Å². The molecule has 6 heteroatoms. The normalized spacial score (nSPS) is 11.6. The Hall–Kier alpha value is -2.69. The van der Waals surface area contributed by atoms with Gasteiger partial charge >= 0.3 is 0 Å². The maximum atomic E-state index is 12.6. The highest BCUT2D eigenvalue weighted by molar-refractivity contribution is 6.35. The van der Waals surface area contributed by atoms with E-state index in [1.165, 1.54) is 5.56 Å². The second-order valence-corrected chi connectivity index (χ2v) is 7.60. The lowest BCUT2D eigenvalue weighted by Crippen LogP contribution is -2.30. The summed E-state index contributed by atoms with van der Waals surface area (Å²) in [5.74, 6) is 0.714. The van der Waals surface area contributed by atoms with Crippen LogP contribution in [0.3, 0.4) is 0 Å². The van der Waals surface area contributed by atoms with Crippen LogP contribution in [0.4, 0.5) is 5.69 Å². The van der Waals surface area contributed by atoms with Gasteiger partial charge in [-0.2, -0.15) is 0 Å². The number of benzene rings is 3. The van der Waals surface area contributed by atoms with E-state index in [9.17, 15) is 4.79 Å². The first-order valence-electron chi connectivity index (χ1n) is 9.71. The van der Waals surface area contributed by atoms with Crippen LogP contribution >= 0.6 is 23.2 Å². The Morgan fingerprint density at radius 3 is 2.47 bits per heavy atom. The Morgan fingerprint density at radius 1 is 0.967 bits per heavy atom. The smallest absolute Gasteiger partial charge is 0.265 e. The Labute approximate surface area is 186 Å². The molecule has 1 N–H and O–H groups in total. The van der Waals surface area contributed by atoms with Crippen molar-refractivity contribution in [2.45, 2.75) is 25.9 Å². The maximum Gasteiger partial charge on any atom is 0.265 e. The molecule has 4 nitrogen and oxygen atoms in total. The van der Waals surface area contributed by atoms with Crippen molar-refractivity contribution in [2.75, 3.05) is 11.9 Å². The fourth-order valence-corrected chi connectivity index (χ4v) is 3.30. The van der Waals surface area contributed by atoms with E-state index in [0.717, 1.165) is 12.8 Å². The predicted octanol–water partition coefficient (Wildman–Crippen LogP) is 6.41. The van der Waals surface area contributed by atoms with Gasteiger partial charge in [0.15, 0.2) is 6.10 Å². The fourth-order valence-electron chi connectivity index (χ4n) is 2.85. The molecule has 30 heavy (non-hydrogen) atoms. The van der Waals surface area contributed by atoms with Crippen molar-refractivity contribution in [2.24, 2.45) is 0 Å². The van der Waals surface area contributed by atoms with Gasteiger partial charge in [0.2, 0.25) is 0 Å². The van der Waals surface area contributed by atoms with Gasteiger partial charge in [0.05, 0.1) is 17.3 Å². The van der Waals surface area contributed by atoms with Crippen molar-refractivity contribution < 1.29 is 14.3 Å². The van der Waals surface area contributed by atoms with Crippen molar-refractivity contribution in [3.8, 4) is 11.5 Å². The largest absolute Gasteiger partial charge is 0.491 e. The van der Waals surface area contributed by atoms with E-state index in [-0.39, 0.29) is 5.91 Å². The number of para-hydroxylation sites is 2. The summed E-state index contributed by atoms with van der Waals surface area (Å²) in [7, 11) is 0. The monoisotopic (exact) mass is 443 g/mol. The average molecular weight is 444 g/mol. The summed E-state index contributed by atoms with van der Waals surface area (Å²) in [6.07, 6.45) is 1.05. The van der Waals surface area contributed by atoms with Crippen molar-refractivity contribution in [3.05, 3.63) is 88.4 Å². The standard InChI is InChI=1S/C24H23Cl2NO3/c1-17(30-22-14-13-19(25)16-20(22)26)24(28)27-21-11-5-6-12-23(21)29-15-7-10-18-8-3-2-4-9-18/h2-6,8-9,11-14,16-17H,7,10,15H2,1H3,(H,27,28). The lowest BCUT2D eigenvalue weighted by molar-refractivity contribution is -0.122. The zero-order chi connectivity index (χ0) is 21.3. The Bertz CT molecular complexity index is 979. The maximum absolute atomic E-state index is 12.6. The number of nitrogens with one attached hydrogen (secondary N) is 1. The number of hydrogen-bond donors (Lipinski definition) is 1. The third-order valence-corrected chi connectivity index (χ3v) is 4.95. The van der Waals surface area contributed by atoms with E-state index in [1.807, 2.05) is 36.4 Å². The van der Waals surface area contributed by atoms with Crippen molar-refractivity contribution in [3.63, 3.8) is 0 Å². The van der Waals surface area contributed by atoms with Gasteiger partial charge in [-0.25, -0.2) is 0 Å². The molecular weight excluding hydrogens is 421 g/mol. The summed E-state index contributed by atoms with van der Waals surface area (Å²) in [4.78, 5) is 12.6. The lowest BCUT2D eigenvalue weighted by Gasteiger charge is -2.17. The van der Waals surface area contributed by atoms with Gasteiger partial charge in [0.1, 0.15) is 11.5 Å². The summed E-state index contributed by atoms with van der Waals surface area (Å²) in [5.41, 5.74) is 1.87. The minimum atomic E-state index is -0.755. The zero-order valence-corrected chi connectivity index (χ0v) is 18.1. The molecule has 0 aliphatic heterocycles. The van der Waals surface area contributed by atoms with E-state index >= 15 is 0 Å². The second kappa shape index (κ2) is 10.9. The molecule has 1 unspecified atom stereocenters. The molecule has 0 saturated carbocycles. The molecule has 1 amide bonds. The van der Waals surface area contributed by atoms with E-state index < -0.39 is 6.10 Å². The van der Waals surface area contributed by atoms with Crippen LogP contribution in [-0.2, 0) is 11.2 Å². The first-order valence-corrected chi connectivity index (χ1v) is 10.5. The number of aryl methyl sites for hydroxylation is 1. The summed E-state index contributed by atoms with van der Waals surface area (Å²) in [6, 6.07) is 22.5. The van der Waals surface area contributed by atoms with Gasteiger partial charge in [-0.15, -0.1) is 0 Å². The van der Waals surface area contributed by atoms with Gasteiger partial charge in [-0.3, -0.25) is 4.79 Å². The molecule has 0 aromatic heterocycles. The number of carbonyl (C=O) groups excluding carboxylic acids is 1. The molecule has 0 saturated heterocycles. The minimum Gasteiger partial charge on any atom is -0.491 e. The molecule has 3 aromatic carbocycles. The molecule has 0 aliphatic rings. The van der Waals surface area contributed by atoms with E-state index in [4.69, 9.17) is 32.7 Å². The van der Waals surface area contributed by atoms with Crippen LogP contribution in [0.25, 0.3) is 0 Å². The van der Waals surface area contributed by atoms with Crippen molar-refractivity contribution >= 4 is 34.8 Å². The molecule has 0 heterocycles. The Kier molecular flexibility index (Phi) is 8.00. The average Bonchev–Trinajstić information content (AvgIpc) is 2.75. The van der Waals surface area contributed by atoms with E-state index in [2.05, 4.69) is 17.4 Å². The third-order valence-electron chi connectivity index (χ3n) is 4.42. The lowest BCUT2D eigenvalue weighted by atomic mass is 10.1. The second-order valence-electron chi connectivity index (χ2n) is 6.76. The van der Waals surface area contributed by atoms with Crippen molar-refractivity contribution in [1.29, 1.82) is 0 Å². The highest BCUT2D eigenvalue weighted by Crippen LogP contribution is 2.29. The van der Waals surface area contributed by atoms with Crippen LogP contribution in [-0.4, -0.2) is 18.6 Å². The van der Waals surface area contributed by atoms with Crippen LogP contribution in [0.2, 0.25) is 10.0 Å². The number of amides is 1. The number of anilines is 1. The molecule has 0 aliphatic carbocycles. The summed E-state index contributed by atoms with van der Waals surface area (Å²) in [5, 5.41) is 3.72. The summed E-state index contributed by atoms with van der Waals surface area (Å²) < 4.78 is 11.6. The molecule has 156 valence electrons. The van der Waals surface area contributed by atoms with Crippen LogP contribution in [0.15, 0.2) is 72.8 Å². The molecule has 3 aromatic rings. The van der Waals surface area contributed by atoms with Gasteiger partial charge in [0, 0.05) is 5.02 Å². The SMILES string of the molecule is CC(Oc1ccc(Cl)cc1Cl)C(=O)Nc1ccccc1OCCCc1ccccc1. The Balaban J connectivity index is 1.54. The Morgan fingerprint density at radius 2 is 1.70 bits per heavy atom. The van der Waals surface area contributed by atoms with E-state index in [0.29, 0.717) is 33.8 Å². The molecule has 0 bridgehead atoms. The number of hydrogen-bond acceptors (Lipinski definition) is 3. The zero-order valence-electron chi connectivity index (χ0n) is 16.6. The van der Waals surface area contributed by atoms with Gasteiger partial charge < -0.3 is 14.8 Å². The molecular formula is C24H23Cl2NO3. The number of ether oxygens (including phenoxy) is 2. The summed E-state index contributed by atoms with van der Waals surface area (Å²) in [6.45, 7) is 2.21. The minimum absolute atomic E-state index is 0.304. The van der Waals surface area contributed by atoms with Crippen LogP contribution in [0.1, 0.15) is 18.9 Å². The number of carbonyl (C=O) groups is 1. The molecule has 0 fully saturated rings. The van der Waals surface area contributed by atoms with Crippen LogP contribution in [0.5, 0.6) is 11.5 Å². The first kappa shape index (κ1) is 22.0. The highest BCUT2D eigenvalue weighted by Gasteiger charge is 2.18. The topological polar surface area (TPSA) is 47.6 Å². The predicted molar refractivity (Wildman–Crippen MR) is 122 cm³/mol. The number of halogens is 2. The third kappa shape index (κ3) is 6.41. The summed E-state index contributed by atoms with van der Waals surface area (Å²) >= 11 is 12.0.